The molecule has 0 amide bonds. The number of nitro benzene ring substituents is 1. The minimum Gasteiger partial charge on any atom is -0.352 e. The molecule has 3 aromatic rings. The van der Waals surface area contributed by atoms with Crippen molar-refractivity contribution in [3.05, 3.63) is 88.5 Å². The number of aromatic nitrogens is 2. The average Bonchev–Trinajstić information content (AvgIpc) is 3.32. The van der Waals surface area contributed by atoms with Crippen molar-refractivity contribution in [3.8, 4) is 5.69 Å². The highest BCUT2D eigenvalue weighted by molar-refractivity contribution is 7.80. The lowest BCUT2D eigenvalue weighted by molar-refractivity contribution is -0.384. The van der Waals surface area contributed by atoms with E-state index in [9.17, 15) is 10.1 Å². The van der Waals surface area contributed by atoms with Gasteiger partial charge in [0.2, 0.25) is 0 Å². The summed E-state index contributed by atoms with van der Waals surface area (Å²) in [5, 5.41) is 15.3. The van der Waals surface area contributed by atoms with Gasteiger partial charge in [-0.2, -0.15) is 0 Å². The van der Waals surface area contributed by atoms with Crippen LogP contribution in [0.1, 0.15) is 30.4 Å². The summed E-state index contributed by atoms with van der Waals surface area (Å²) in [5.74, 6) is 0. The maximum atomic E-state index is 11.2. The zero-order valence-corrected chi connectivity index (χ0v) is 16.0. The molecule has 3 heterocycles. The van der Waals surface area contributed by atoms with Gasteiger partial charge < -0.3 is 14.8 Å². The summed E-state index contributed by atoms with van der Waals surface area (Å²) >= 11 is 5.57. The van der Waals surface area contributed by atoms with Gasteiger partial charge in [-0.05, 0) is 49.5 Å². The summed E-state index contributed by atoms with van der Waals surface area (Å²) < 4.78 is 1.98. The molecule has 8 heteroatoms. The third-order valence-electron chi connectivity index (χ3n) is 4.94. The maximum Gasteiger partial charge on any atom is 0.271 e. The number of hydrogen-bond donors (Lipinski definition) is 1. The van der Waals surface area contributed by atoms with Gasteiger partial charge >= 0.3 is 0 Å². The first-order chi connectivity index (χ1) is 13.6. The summed E-state index contributed by atoms with van der Waals surface area (Å²) in [6.45, 7) is 2.79. The van der Waals surface area contributed by atoms with E-state index in [0.717, 1.165) is 23.6 Å². The van der Waals surface area contributed by atoms with Gasteiger partial charge in [0.1, 0.15) is 0 Å². The zero-order valence-electron chi connectivity index (χ0n) is 15.2. The van der Waals surface area contributed by atoms with E-state index in [1.54, 1.807) is 18.3 Å². The minimum atomic E-state index is -0.381. The SMILES string of the molecule is CCN1C(=S)N[C@@H](c2ccccn2)[C@H]1c1cccn1-c1cccc([N+](=O)[O-])c1. The Morgan fingerprint density at radius 3 is 2.79 bits per heavy atom. The van der Waals surface area contributed by atoms with Gasteiger partial charge in [0.15, 0.2) is 5.11 Å². The number of non-ortho nitro benzene ring substituents is 1. The third kappa shape index (κ3) is 3.11. The quantitative estimate of drug-likeness (QED) is 0.404. The average molecular weight is 393 g/mol. The fourth-order valence-electron chi connectivity index (χ4n) is 3.69. The fraction of sp³-hybridized carbons (Fsp3) is 0.200. The van der Waals surface area contributed by atoms with Crippen molar-refractivity contribution in [2.75, 3.05) is 6.54 Å². The van der Waals surface area contributed by atoms with Gasteiger partial charge in [-0.3, -0.25) is 15.1 Å². The first kappa shape index (κ1) is 18.1. The molecule has 1 aliphatic heterocycles. The van der Waals surface area contributed by atoms with E-state index in [4.69, 9.17) is 12.2 Å². The molecular formula is C20H19N5O2S. The predicted octanol–water partition coefficient (Wildman–Crippen LogP) is 3.77. The molecule has 1 N–H and O–H groups in total. The molecule has 1 saturated heterocycles. The smallest absolute Gasteiger partial charge is 0.271 e. The number of pyridine rings is 1. The molecule has 4 rings (SSSR count). The molecule has 2 aromatic heterocycles. The molecule has 0 saturated carbocycles. The second-order valence-corrected chi connectivity index (χ2v) is 6.88. The summed E-state index contributed by atoms with van der Waals surface area (Å²) in [4.78, 5) is 17.5. The zero-order chi connectivity index (χ0) is 19.7. The second-order valence-electron chi connectivity index (χ2n) is 6.49. The van der Waals surface area contributed by atoms with Gasteiger partial charge in [-0.1, -0.05) is 12.1 Å². The monoisotopic (exact) mass is 393 g/mol. The molecule has 7 nitrogen and oxygen atoms in total. The summed E-state index contributed by atoms with van der Waals surface area (Å²) in [6, 6.07) is 16.2. The van der Waals surface area contributed by atoms with E-state index in [-0.39, 0.29) is 22.7 Å². The van der Waals surface area contributed by atoms with E-state index >= 15 is 0 Å². The highest BCUT2D eigenvalue weighted by atomic mass is 32.1. The normalized spacial score (nSPS) is 18.9. The Hall–Kier alpha value is -3.26. The van der Waals surface area contributed by atoms with Crippen LogP contribution in [0.25, 0.3) is 5.69 Å². The first-order valence-corrected chi connectivity index (χ1v) is 9.41. The Labute approximate surface area is 167 Å². The molecule has 1 aliphatic rings. The maximum absolute atomic E-state index is 11.2. The largest absolute Gasteiger partial charge is 0.352 e. The Morgan fingerprint density at radius 2 is 2.07 bits per heavy atom. The summed E-state index contributed by atoms with van der Waals surface area (Å²) in [5.41, 5.74) is 2.69. The van der Waals surface area contributed by atoms with Crippen LogP contribution in [-0.4, -0.2) is 31.0 Å². The molecule has 0 bridgehead atoms. The summed E-state index contributed by atoms with van der Waals surface area (Å²) in [7, 11) is 0. The molecule has 2 atom stereocenters. The van der Waals surface area contributed by atoms with E-state index in [0.29, 0.717) is 5.11 Å². The van der Waals surface area contributed by atoms with Crippen LogP contribution in [-0.2, 0) is 0 Å². The van der Waals surface area contributed by atoms with Crippen molar-refractivity contribution < 1.29 is 4.92 Å². The lowest BCUT2D eigenvalue weighted by Crippen LogP contribution is -2.30. The van der Waals surface area contributed by atoms with Gasteiger partial charge in [0.05, 0.1) is 28.4 Å². The molecule has 1 fully saturated rings. The highest BCUT2D eigenvalue weighted by Crippen LogP contribution is 2.39. The van der Waals surface area contributed by atoms with E-state index in [2.05, 4.69) is 22.1 Å². The number of benzene rings is 1. The Balaban J connectivity index is 1.81. The van der Waals surface area contributed by atoms with Crippen LogP contribution in [0.5, 0.6) is 0 Å². The van der Waals surface area contributed by atoms with Gasteiger partial charge in [-0.15, -0.1) is 0 Å². The molecule has 0 aliphatic carbocycles. The molecule has 0 radical (unpaired) electrons. The Morgan fingerprint density at radius 1 is 1.21 bits per heavy atom. The molecule has 0 unspecified atom stereocenters. The van der Waals surface area contributed by atoms with Crippen molar-refractivity contribution in [1.82, 2.24) is 19.8 Å². The van der Waals surface area contributed by atoms with Crippen molar-refractivity contribution >= 4 is 23.0 Å². The van der Waals surface area contributed by atoms with Crippen LogP contribution < -0.4 is 5.32 Å². The lowest BCUT2D eigenvalue weighted by atomic mass is 10.0. The van der Waals surface area contributed by atoms with Crippen LogP contribution in [0.15, 0.2) is 67.0 Å². The first-order valence-electron chi connectivity index (χ1n) is 9.00. The molecule has 1 aromatic carbocycles. The number of nitrogens with one attached hydrogen (secondary N) is 1. The molecule has 142 valence electrons. The molecule has 0 spiro atoms. The lowest BCUT2D eigenvalue weighted by Gasteiger charge is -2.27. The van der Waals surface area contributed by atoms with E-state index in [1.807, 2.05) is 47.2 Å². The predicted molar refractivity (Wildman–Crippen MR) is 110 cm³/mol. The van der Waals surface area contributed by atoms with Crippen LogP contribution in [0.4, 0.5) is 5.69 Å². The number of thiocarbonyl (C=S) groups is 1. The minimum absolute atomic E-state index is 0.0610. The number of likely N-dealkylation sites (N-methyl/N-ethyl adjacent to an activating group) is 1. The van der Waals surface area contributed by atoms with E-state index in [1.165, 1.54) is 6.07 Å². The van der Waals surface area contributed by atoms with Crippen LogP contribution in [0.2, 0.25) is 0 Å². The van der Waals surface area contributed by atoms with Crippen molar-refractivity contribution in [2.45, 2.75) is 19.0 Å². The molecular weight excluding hydrogens is 374 g/mol. The van der Waals surface area contributed by atoms with Gasteiger partial charge in [0.25, 0.3) is 5.69 Å². The highest BCUT2D eigenvalue weighted by Gasteiger charge is 2.40. The number of nitrogens with zero attached hydrogens (tertiary/aromatic N) is 4. The van der Waals surface area contributed by atoms with Crippen LogP contribution in [0.3, 0.4) is 0 Å². The Kier molecular flexibility index (Phi) is 4.79. The second kappa shape index (κ2) is 7.40. The Bertz CT molecular complexity index is 1020. The van der Waals surface area contributed by atoms with Crippen LogP contribution >= 0.6 is 12.2 Å². The molecule has 28 heavy (non-hydrogen) atoms. The van der Waals surface area contributed by atoms with Crippen molar-refractivity contribution in [1.29, 1.82) is 0 Å². The number of rotatable bonds is 5. The van der Waals surface area contributed by atoms with E-state index < -0.39 is 0 Å². The third-order valence-corrected chi connectivity index (χ3v) is 5.29. The summed E-state index contributed by atoms with van der Waals surface area (Å²) in [6.07, 6.45) is 3.68. The standard InChI is InChI=1S/C20H19N5O2S/c1-2-23-19(18(22-20(23)28)16-9-3-4-11-21-16)17-10-6-12-24(17)14-7-5-8-15(13-14)25(26)27/h3-13,18-19H,2H2,1H3,(H,22,28)/t18-,19+/m0/s1. The number of hydrogen-bond acceptors (Lipinski definition) is 4. The van der Waals surface area contributed by atoms with Crippen molar-refractivity contribution in [3.63, 3.8) is 0 Å². The number of nitro groups is 1. The van der Waals surface area contributed by atoms with Crippen molar-refractivity contribution in [2.24, 2.45) is 0 Å². The topological polar surface area (TPSA) is 76.2 Å². The van der Waals surface area contributed by atoms with Crippen LogP contribution in [0, 0.1) is 10.1 Å². The van der Waals surface area contributed by atoms with Gasteiger partial charge in [-0.25, -0.2) is 0 Å². The van der Waals surface area contributed by atoms with Gasteiger partial charge in [0, 0.05) is 36.8 Å². The fourth-order valence-corrected chi connectivity index (χ4v) is 4.06.